The molecule has 3 saturated carbocycles. The number of hydrogen-bond acceptors (Lipinski definition) is 3. The third-order valence-corrected chi connectivity index (χ3v) is 10.7. The summed E-state index contributed by atoms with van der Waals surface area (Å²) in [4.78, 5) is 12.0. The fourth-order valence-electron chi connectivity index (χ4n) is 9.24. The number of rotatable bonds is 0. The van der Waals surface area contributed by atoms with Gasteiger partial charge in [0.25, 0.3) is 0 Å². The topological polar surface area (TPSA) is 35.5 Å². The van der Waals surface area contributed by atoms with Crippen LogP contribution in [0.4, 0.5) is 0 Å². The summed E-state index contributed by atoms with van der Waals surface area (Å²) in [5.74, 6) is 3.30. The summed E-state index contributed by atoms with van der Waals surface area (Å²) in [6, 6.07) is 0. The highest BCUT2D eigenvalue weighted by molar-refractivity contribution is 6.01. The first kappa shape index (κ1) is 19.7. The third kappa shape index (κ3) is 2.43. The predicted molar refractivity (Wildman–Crippen MR) is 117 cm³/mol. The summed E-state index contributed by atoms with van der Waals surface area (Å²) in [5, 5.41) is 0. The standard InChI is InChI=1S/C27H38O3/c1-17-21-7-8-23-20-6-5-18-15-19(28)9-11-25(18,4)22(20)10-12-26(21,23)16-29-27(17)14-13-24(2,3)30-27/h9,11,15,17,20-23H,5-8,10,12-14,16H2,1-4H3/t17-,20+,21?,22?,23?,25-,26-,27-/m0/s1. The van der Waals surface area contributed by atoms with Crippen molar-refractivity contribution in [1.29, 1.82) is 0 Å². The molecule has 0 aromatic rings. The quantitative estimate of drug-likeness (QED) is 0.503. The SMILES string of the molecule is C[C@H]1C2CCC3[C@@H]4CCC5=CC(=O)C=C[C@]5(C)C4CC[C@@]32CO[C@]12CCC(C)(C)O2. The molecule has 0 aromatic carbocycles. The number of fused-ring (bicyclic) bond motifs is 4. The molecular formula is C27H38O3. The molecule has 0 radical (unpaired) electrons. The second kappa shape index (κ2) is 6.10. The lowest BCUT2D eigenvalue weighted by Crippen LogP contribution is -2.60. The van der Waals surface area contributed by atoms with Crippen LogP contribution in [-0.2, 0) is 14.3 Å². The molecular weight excluding hydrogens is 372 g/mol. The normalized spacial score (nSPS) is 53.7. The highest BCUT2D eigenvalue weighted by Crippen LogP contribution is 2.70. The molecule has 164 valence electrons. The molecule has 8 atom stereocenters. The van der Waals surface area contributed by atoms with Crippen LogP contribution < -0.4 is 0 Å². The van der Waals surface area contributed by atoms with Crippen molar-refractivity contribution in [2.24, 2.45) is 40.4 Å². The summed E-state index contributed by atoms with van der Waals surface area (Å²) in [7, 11) is 0. The smallest absolute Gasteiger partial charge is 0.178 e. The second-order valence-electron chi connectivity index (χ2n) is 12.3. The van der Waals surface area contributed by atoms with Gasteiger partial charge in [0.05, 0.1) is 12.2 Å². The molecule has 6 rings (SSSR count). The summed E-state index contributed by atoms with van der Waals surface area (Å²) in [5.41, 5.74) is 1.79. The zero-order chi connectivity index (χ0) is 20.9. The average Bonchev–Trinajstić information content (AvgIpc) is 3.25. The molecule has 3 nitrogen and oxygen atoms in total. The van der Waals surface area contributed by atoms with E-state index in [1.54, 1.807) is 0 Å². The van der Waals surface area contributed by atoms with Gasteiger partial charge in [0.2, 0.25) is 0 Å². The Balaban J connectivity index is 1.30. The summed E-state index contributed by atoms with van der Waals surface area (Å²) in [6.07, 6.45) is 15.8. The minimum atomic E-state index is -0.341. The van der Waals surface area contributed by atoms with Crippen LogP contribution in [0.5, 0.6) is 0 Å². The van der Waals surface area contributed by atoms with Gasteiger partial charge in [-0.2, -0.15) is 0 Å². The van der Waals surface area contributed by atoms with E-state index >= 15 is 0 Å². The van der Waals surface area contributed by atoms with Crippen molar-refractivity contribution in [1.82, 2.24) is 0 Å². The van der Waals surface area contributed by atoms with E-state index in [1.807, 2.05) is 12.2 Å². The molecule has 3 unspecified atom stereocenters. The molecule has 2 saturated heterocycles. The van der Waals surface area contributed by atoms with E-state index in [9.17, 15) is 4.79 Å². The van der Waals surface area contributed by atoms with Gasteiger partial charge in [0.1, 0.15) is 0 Å². The molecule has 3 heteroatoms. The molecule has 30 heavy (non-hydrogen) atoms. The number of ketones is 1. The van der Waals surface area contributed by atoms with Crippen molar-refractivity contribution in [3.63, 3.8) is 0 Å². The summed E-state index contributed by atoms with van der Waals surface area (Å²) < 4.78 is 13.4. The fourth-order valence-corrected chi connectivity index (χ4v) is 9.24. The zero-order valence-electron chi connectivity index (χ0n) is 19.2. The monoisotopic (exact) mass is 410 g/mol. The first-order valence-electron chi connectivity index (χ1n) is 12.5. The highest BCUT2D eigenvalue weighted by atomic mass is 16.7. The van der Waals surface area contributed by atoms with Gasteiger partial charge in [-0.3, -0.25) is 4.79 Å². The van der Waals surface area contributed by atoms with Crippen LogP contribution in [-0.4, -0.2) is 23.8 Å². The maximum Gasteiger partial charge on any atom is 0.178 e. The number of hydrogen-bond donors (Lipinski definition) is 0. The summed E-state index contributed by atoms with van der Waals surface area (Å²) >= 11 is 0. The molecule has 0 aromatic heterocycles. The molecule has 4 aliphatic carbocycles. The van der Waals surface area contributed by atoms with E-state index in [-0.39, 0.29) is 22.6 Å². The average molecular weight is 411 g/mol. The van der Waals surface area contributed by atoms with E-state index in [2.05, 4.69) is 33.8 Å². The highest BCUT2D eigenvalue weighted by Gasteiger charge is 2.67. The van der Waals surface area contributed by atoms with E-state index < -0.39 is 0 Å². The molecule has 2 spiro atoms. The van der Waals surface area contributed by atoms with Crippen molar-refractivity contribution in [2.75, 3.05) is 6.61 Å². The zero-order valence-corrected chi connectivity index (χ0v) is 19.2. The lowest BCUT2D eigenvalue weighted by molar-refractivity contribution is -0.329. The number of ether oxygens (including phenoxy) is 2. The first-order chi connectivity index (χ1) is 14.2. The van der Waals surface area contributed by atoms with Gasteiger partial charge in [0.15, 0.2) is 11.6 Å². The maximum atomic E-state index is 12.0. The molecule has 0 amide bonds. The molecule has 0 N–H and O–H groups in total. The molecule has 2 heterocycles. The predicted octanol–water partition coefficient (Wildman–Crippen LogP) is 5.84. The Morgan fingerprint density at radius 3 is 2.53 bits per heavy atom. The third-order valence-electron chi connectivity index (χ3n) is 10.7. The Morgan fingerprint density at radius 2 is 1.77 bits per heavy atom. The first-order valence-corrected chi connectivity index (χ1v) is 12.5. The Hall–Kier alpha value is -0.930. The van der Waals surface area contributed by atoms with Crippen molar-refractivity contribution >= 4 is 5.78 Å². The number of carbonyl (C=O) groups is 1. The van der Waals surface area contributed by atoms with Gasteiger partial charge in [0, 0.05) is 23.2 Å². The van der Waals surface area contributed by atoms with Crippen molar-refractivity contribution < 1.29 is 14.3 Å². The van der Waals surface area contributed by atoms with Gasteiger partial charge < -0.3 is 9.47 Å². The van der Waals surface area contributed by atoms with Gasteiger partial charge >= 0.3 is 0 Å². The van der Waals surface area contributed by atoms with Gasteiger partial charge in [-0.25, -0.2) is 0 Å². The molecule has 5 fully saturated rings. The Labute approximate surface area is 181 Å². The Morgan fingerprint density at radius 1 is 0.967 bits per heavy atom. The van der Waals surface area contributed by atoms with E-state index in [0.717, 1.165) is 43.6 Å². The molecule has 0 bridgehead atoms. The van der Waals surface area contributed by atoms with E-state index in [1.165, 1.54) is 37.7 Å². The minimum absolute atomic E-state index is 0.0557. The van der Waals surface area contributed by atoms with Crippen molar-refractivity contribution in [3.05, 3.63) is 23.8 Å². The van der Waals surface area contributed by atoms with Crippen LogP contribution in [0.1, 0.15) is 79.1 Å². The minimum Gasteiger partial charge on any atom is -0.349 e. The van der Waals surface area contributed by atoms with Crippen LogP contribution in [0, 0.1) is 40.4 Å². The lowest BCUT2D eigenvalue weighted by Gasteiger charge is -2.61. The van der Waals surface area contributed by atoms with Crippen LogP contribution in [0.25, 0.3) is 0 Å². The summed E-state index contributed by atoms with van der Waals surface area (Å²) in [6.45, 7) is 10.2. The van der Waals surface area contributed by atoms with Crippen LogP contribution in [0.2, 0.25) is 0 Å². The molecule has 2 aliphatic heterocycles. The Kier molecular flexibility index (Phi) is 4.01. The van der Waals surface area contributed by atoms with Crippen LogP contribution in [0.15, 0.2) is 23.8 Å². The lowest BCUT2D eigenvalue weighted by atomic mass is 9.46. The number of allylic oxidation sites excluding steroid dienone is 4. The van der Waals surface area contributed by atoms with Crippen LogP contribution >= 0.6 is 0 Å². The van der Waals surface area contributed by atoms with E-state index in [0.29, 0.717) is 17.3 Å². The fraction of sp³-hybridized carbons (Fsp3) is 0.815. The van der Waals surface area contributed by atoms with Gasteiger partial charge in [-0.05, 0) is 94.6 Å². The maximum absolute atomic E-state index is 12.0. The largest absolute Gasteiger partial charge is 0.349 e. The molecule has 6 aliphatic rings. The number of carbonyl (C=O) groups excluding carboxylic acids is 1. The van der Waals surface area contributed by atoms with E-state index in [4.69, 9.17) is 9.47 Å². The van der Waals surface area contributed by atoms with Crippen LogP contribution in [0.3, 0.4) is 0 Å². The van der Waals surface area contributed by atoms with Gasteiger partial charge in [-0.1, -0.05) is 25.5 Å². The second-order valence-corrected chi connectivity index (χ2v) is 12.3. The van der Waals surface area contributed by atoms with Gasteiger partial charge in [-0.15, -0.1) is 0 Å². The van der Waals surface area contributed by atoms with Crippen molar-refractivity contribution in [3.8, 4) is 0 Å². The Bertz CT molecular complexity index is 839. The van der Waals surface area contributed by atoms with Crippen molar-refractivity contribution in [2.45, 2.75) is 90.4 Å².